The number of anilines is 1. The lowest BCUT2D eigenvalue weighted by Crippen LogP contribution is -2.23. The van der Waals surface area contributed by atoms with E-state index in [1.54, 1.807) is 0 Å². The third kappa shape index (κ3) is 3.83. The van der Waals surface area contributed by atoms with Crippen molar-refractivity contribution in [2.75, 3.05) is 25.1 Å². The first kappa shape index (κ1) is 16.7. The number of hydrogen-bond donors (Lipinski definition) is 1. The first-order valence-corrected chi connectivity index (χ1v) is 8.23. The van der Waals surface area contributed by atoms with Crippen LogP contribution in [0.4, 0.5) is 5.82 Å². The number of aromatic nitrogens is 2. The van der Waals surface area contributed by atoms with Crippen molar-refractivity contribution < 1.29 is 14.3 Å². The van der Waals surface area contributed by atoms with E-state index in [1.807, 2.05) is 48.9 Å². The standard InChI is InChI=1S/C18H23N3O3/c1-13-19-17(14-7-4-3-5-8-14)18(21(13)2)20-16(22)12-23-11-15-9-6-10-24-15/h3-5,7-8,15H,6,9-12H2,1-2H3,(H,20,22). The minimum Gasteiger partial charge on any atom is -0.376 e. The Hall–Kier alpha value is -2.18. The third-order valence-electron chi connectivity index (χ3n) is 4.18. The van der Waals surface area contributed by atoms with Gasteiger partial charge in [0.05, 0.1) is 12.7 Å². The zero-order valence-electron chi connectivity index (χ0n) is 14.1. The van der Waals surface area contributed by atoms with E-state index >= 15 is 0 Å². The molecule has 1 N–H and O–H groups in total. The van der Waals surface area contributed by atoms with Gasteiger partial charge in [-0.25, -0.2) is 4.98 Å². The minimum atomic E-state index is -0.187. The maximum atomic E-state index is 12.2. The fourth-order valence-corrected chi connectivity index (χ4v) is 2.78. The van der Waals surface area contributed by atoms with E-state index in [0.29, 0.717) is 12.4 Å². The molecule has 1 unspecified atom stereocenters. The topological polar surface area (TPSA) is 65.4 Å². The molecule has 24 heavy (non-hydrogen) atoms. The Balaban J connectivity index is 1.64. The van der Waals surface area contributed by atoms with Crippen LogP contribution in [0.15, 0.2) is 30.3 Å². The summed E-state index contributed by atoms with van der Waals surface area (Å²) in [4.78, 5) is 16.8. The number of nitrogens with zero attached hydrogens (tertiary/aromatic N) is 2. The molecule has 6 nitrogen and oxygen atoms in total. The highest BCUT2D eigenvalue weighted by molar-refractivity contribution is 5.94. The lowest BCUT2D eigenvalue weighted by atomic mass is 10.1. The lowest BCUT2D eigenvalue weighted by molar-refractivity contribution is -0.121. The molecule has 1 aromatic heterocycles. The number of rotatable bonds is 6. The van der Waals surface area contributed by atoms with Crippen molar-refractivity contribution in [1.29, 1.82) is 0 Å². The van der Waals surface area contributed by atoms with E-state index in [0.717, 1.165) is 36.5 Å². The van der Waals surface area contributed by atoms with E-state index < -0.39 is 0 Å². The van der Waals surface area contributed by atoms with Gasteiger partial charge in [0.2, 0.25) is 0 Å². The molecule has 1 amide bonds. The first-order chi connectivity index (χ1) is 11.6. The van der Waals surface area contributed by atoms with E-state index in [-0.39, 0.29) is 18.6 Å². The van der Waals surface area contributed by atoms with Gasteiger partial charge in [0.15, 0.2) is 0 Å². The molecule has 0 bridgehead atoms. The number of carbonyl (C=O) groups is 1. The zero-order chi connectivity index (χ0) is 16.9. The van der Waals surface area contributed by atoms with Gasteiger partial charge in [-0.3, -0.25) is 4.79 Å². The second kappa shape index (κ2) is 7.59. The number of hydrogen-bond acceptors (Lipinski definition) is 4. The van der Waals surface area contributed by atoms with E-state index in [4.69, 9.17) is 9.47 Å². The fraction of sp³-hybridized carbons (Fsp3) is 0.444. The van der Waals surface area contributed by atoms with Crippen LogP contribution < -0.4 is 5.32 Å². The fourth-order valence-electron chi connectivity index (χ4n) is 2.78. The Morgan fingerprint density at radius 3 is 2.92 bits per heavy atom. The molecule has 0 spiro atoms. The van der Waals surface area contributed by atoms with E-state index in [9.17, 15) is 4.79 Å². The van der Waals surface area contributed by atoms with Crippen LogP contribution in [0.1, 0.15) is 18.7 Å². The Morgan fingerprint density at radius 1 is 1.42 bits per heavy atom. The highest BCUT2D eigenvalue weighted by Gasteiger charge is 2.18. The molecule has 0 aliphatic carbocycles. The number of carbonyl (C=O) groups excluding carboxylic acids is 1. The molecule has 1 aliphatic rings. The molecule has 0 saturated carbocycles. The normalized spacial score (nSPS) is 17.2. The number of ether oxygens (including phenoxy) is 2. The van der Waals surface area contributed by atoms with Gasteiger partial charge in [0, 0.05) is 19.2 Å². The van der Waals surface area contributed by atoms with Gasteiger partial charge in [-0.05, 0) is 19.8 Å². The molecule has 128 valence electrons. The Bertz CT molecular complexity index is 691. The second-order valence-electron chi connectivity index (χ2n) is 5.98. The molecule has 1 aliphatic heterocycles. The number of nitrogens with one attached hydrogen (secondary N) is 1. The van der Waals surface area contributed by atoms with Crippen LogP contribution >= 0.6 is 0 Å². The largest absolute Gasteiger partial charge is 0.376 e. The molecule has 1 saturated heterocycles. The number of amides is 1. The summed E-state index contributed by atoms with van der Waals surface area (Å²) in [6.07, 6.45) is 2.19. The van der Waals surface area contributed by atoms with Gasteiger partial charge in [-0.15, -0.1) is 0 Å². The highest BCUT2D eigenvalue weighted by Crippen LogP contribution is 2.27. The molecule has 0 radical (unpaired) electrons. The predicted octanol–water partition coefficient (Wildman–Crippen LogP) is 2.53. The summed E-state index contributed by atoms with van der Waals surface area (Å²) < 4.78 is 12.8. The van der Waals surface area contributed by atoms with Crippen LogP contribution in [0, 0.1) is 6.92 Å². The Labute approximate surface area is 141 Å². The predicted molar refractivity (Wildman–Crippen MR) is 91.8 cm³/mol. The van der Waals surface area contributed by atoms with E-state index in [1.165, 1.54) is 0 Å². The number of imidazole rings is 1. The second-order valence-corrected chi connectivity index (χ2v) is 5.98. The SMILES string of the molecule is Cc1nc(-c2ccccc2)c(NC(=O)COCC2CCCO2)n1C. The van der Waals surface area contributed by atoms with Gasteiger partial charge < -0.3 is 19.4 Å². The average molecular weight is 329 g/mol. The van der Waals surface area contributed by atoms with Crippen LogP contribution in [0.25, 0.3) is 11.3 Å². The van der Waals surface area contributed by atoms with Gasteiger partial charge in [-0.2, -0.15) is 0 Å². The van der Waals surface area contributed by atoms with Crippen molar-refractivity contribution in [3.05, 3.63) is 36.2 Å². The monoisotopic (exact) mass is 329 g/mol. The van der Waals surface area contributed by atoms with Gasteiger partial charge in [-0.1, -0.05) is 30.3 Å². The molecular formula is C18H23N3O3. The van der Waals surface area contributed by atoms with Crippen LogP contribution in [0.5, 0.6) is 0 Å². The smallest absolute Gasteiger partial charge is 0.251 e. The Kier molecular flexibility index (Phi) is 5.27. The molecule has 1 atom stereocenters. The summed E-state index contributed by atoms with van der Waals surface area (Å²) in [7, 11) is 1.89. The van der Waals surface area contributed by atoms with E-state index in [2.05, 4.69) is 10.3 Å². The minimum absolute atomic E-state index is 0.0122. The molecule has 1 aromatic carbocycles. The molecular weight excluding hydrogens is 306 g/mol. The molecule has 2 aromatic rings. The van der Waals surface area contributed by atoms with Crippen LogP contribution in [-0.2, 0) is 21.3 Å². The molecule has 2 heterocycles. The third-order valence-corrected chi connectivity index (χ3v) is 4.18. The van der Waals surface area contributed by atoms with Crippen molar-refractivity contribution in [3.63, 3.8) is 0 Å². The summed E-state index contributed by atoms with van der Waals surface area (Å²) in [5, 5.41) is 2.92. The molecule has 6 heteroatoms. The zero-order valence-corrected chi connectivity index (χ0v) is 14.1. The number of benzene rings is 1. The maximum Gasteiger partial charge on any atom is 0.251 e. The van der Waals surface area contributed by atoms with Crippen LogP contribution in [-0.4, -0.2) is 41.4 Å². The van der Waals surface area contributed by atoms with Crippen LogP contribution in [0.2, 0.25) is 0 Å². The first-order valence-electron chi connectivity index (χ1n) is 8.23. The summed E-state index contributed by atoms with van der Waals surface area (Å²) in [6, 6.07) is 9.82. The summed E-state index contributed by atoms with van der Waals surface area (Å²) >= 11 is 0. The molecule has 3 rings (SSSR count). The highest BCUT2D eigenvalue weighted by atomic mass is 16.5. The van der Waals surface area contributed by atoms with Crippen molar-refractivity contribution in [2.24, 2.45) is 7.05 Å². The summed E-state index contributed by atoms with van der Waals surface area (Å²) in [6.45, 7) is 3.17. The van der Waals surface area contributed by atoms with Crippen molar-refractivity contribution in [1.82, 2.24) is 9.55 Å². The molecule has 1 fully saturated rings. The Morgan fingerprint density at radius 2 is 2.21 bits per heavy atom. The lowest BCUT2D eigenvalue weighted by Gasteiger charge is -2.11. The summed E-state index contributed by atoms with van der Waals surface area (Å²) in [5.41, 5.74) is 1.74. The van der Waals surface area contributed by atoms with Gasteiger partial charge >= 0.3 is 0 Å². The quantitative estimate of drug-likeness (QED) is 0.884. The van der Waals surface area contributed by atoms with Crippen LogP contribution in [0.3, 0.4) is 0 Å². The number of aryl methyl sites for hydroxylation is 1. The van der Waals surface area contributed by atoms with Crippen molar-refractivity contribution in [2.45, 2.75) is 25.9 Å². The average Bonchev–Trinajstić information content (AvgIpc) is 3.20. The summed E-state index contributed by atoms with van der Waals surface area (Å²) in [5.74, 6) is 1.34. The van der Waals surface area contributed by atoms with Crippen molar-refractivity contribution >= 4 is 11.7 Å². The van der Waals surface area contributed by atoms with Gasteiger partial charge in [0.1, 0.15) is 23.9 Å². The van der Waals surface area contributed by atoms with Gasteiger partial charge in [0.25, 0.3) is 5.91 Å². The van der Waals surface area contributed by atoms with Crippen molar-refractivity contribution in [3.8, 4) is 11.3 Å². The maximum absolute atomic E-state index is 12.2.